The summed E-state index contributed by atoms with van der Waals surface area (Å²) in [6, 6.07) is 5.30. The Kier molecular flexibility index (Phi) is 6.51. The van der Waals surface area contributed by atoms with Crippen LogP contribution >= 0.6 is 22.9 Å². The molecule has 8 nitrogen and oxygen atoms in total. The number of thiazole rings is 1. The molecule has 0 atom stereocenters. The number of likely N-dealkylation sites (N-methyl/N-ethyl adjacent to an activating group) is 1. The van der Waals surface area contributed by atoms with Gasteiger partial charge in [-0.1, -0.05) is 29.0 Å². The molecule has 0 N–H and O–H groups in total. The van der Waals surface area contributed by atoms with Crippen LogP contribution in [0.5, 0.6) is 11.9 Å². The summed E-state index contributed by atoms with van der Waals surface area (Å²) in [5.74, 6) is -0.0744. The van der Waals surface area contributed by atoms with Crippen LogP contribution in [0.25, 0.3) is 10.2 Å². The standard InChI is InChI=1S/C19H22ClN5O3S/c1-11-6-7-12(20)16-15(11)23-19(29-16)25(9-8-24(2)3)17(26)13-10-14(27-4)22-18(21-13)28-5/h6-7,10H,8-9H2,1-5H3. The van der Waals surface area contributed by atoms with Crippen LogP contribution in [-0.2, 0) is 0 Å². The van der Waals surface area contributed by atoms with Crippen LogP contribution in [0.15, 0.2) is 18.2 Å². The monoisotopic (exact) mass is 435 g/mol. The minimum Gasteiger partial charge on any atom is -0.481 e. The van der Waals surface area contributed by atoms with E-state index in [1.54, 1.807) is 4.90 Å². The van der Waals surface area contributed by atoms with Gasteiger partial charge in [0.25, 0.3) is 5.91 Å². The predicted octanol–water partition coefficient (Wildman–Crippen LogP) is 3.27. The van der Waals surface area contributed by atoms with Crippen LogP contribution < -0.4 is 14.4 Å². The van der Waals surface area contributed by atoms with Crippen molar-refractivity contribution in [1.82, 2.24) is 19.9 Å². The molecule has 29 heavy (non-hydrogen) atoms. The molecule has 0 saturated carbocycles. The van der Waals surface area contributed by atoms with E-state index in [2.05, 4.69) is 9.97 Å². The first-order valence-corrected chi connectivity index (χ1v) is 10.0. The predicted molar refractivity (Wildman–Crippen MR) is 115 cm³/mol. The number of hydrogen-bond donors (Lipinski definition) is 0. The number of fused-ring (bicyclic) bond motifs is 1. The molecule has 154 valence electrons. The van der Waals surface area contributed by atoms with Gasteiger partial charge in [-0.25, -0.2) is 4.98 Å². The van der Waals surface area contributed by atoms with Crippen molar-refractivity contribution in [3.63, 3.8) is 0 Å². The van der Waals surface area contributed by atoms with Gasteiger partial charge in [0.15, 0.2) is 5.13 Å². The number of anilines is 1. The van der Waals surface area contributed by atoms with Crippen molar-refractivity contribution < 1.29 is 14.3 Å². The number of methoxy groups -OCH3 is 2. The lowest BCUT2D eigenvalue weighted by molar-refractivity contribution is 0.0978. The number of aromatic nitrogens is 3. The Morgan fingerprint density at radius 1 is 1.14 bits per heavy atom. The lowest BCUT2D eigenvalue weighted by atomic mass is 10.2. The van der Waals surface area contributed by atoms with E-state index in [9.17, 15) is 4.79 Å². The maximum Gasteiger partial charge on any atom is 0.320 e. The summed E-state index contributed by atoms with van der Waals surface area (Å²) in [6.45, 7) is 3.04. The summed E-state index contributed by atoms with van der Waals surface area (Å²) in [5.41, 5.74) is 1.95. The summed E-state index contributed by atoms with van der Waals surface area (Å²) in [4.78, 5) is 29.9. The van der Waals surface area contributed by atoms with E-state index in [4.69, 9.17) is 26.1 Å². The topological polar surface area (TPSA) is 80.7 Å². The second-order valence-corrected chi connectivity index (χ2v) is 7.97. The fourth-order valence-corrected chi connectivity index (χ4v) is 3.98. The van der Waals surface area contributed by atoms with Gasteiger partial charge in [-0.2, -0.15) is 9.97 Å². The second-order valence-electron chi connectivity index (χ2n) is 6.58. The summed E-state index contributed by atoms with van der Waals surface area (Å²) in [7, 11) is 6.79. The summed E-state index contributed by atoms with van der Waals surface area (Å²) >= 11 is 7.73. The van der Waals surface area contributed by atoms with Crippen LogP contribution in [0.1, 0.15) is 16.1 Å². The van der Waals surface area contributed by atoms with Gasteiger partial charge in [0, 0.05) is 19.2 Å². The molecule has 2 heterocycles. The zero-order chi connectivity index (χ0) is 21.1. The number of carbonyl (C=O) groups excluding carboxylic acids is 1. The highest BCUT2D eigenvalue weighted by Gasteiger charge is 2.25. The fraction of sp³-hybridized carbons (Fsp3) is 0.368. The molecule has 0 radical (unpaired) electrons. The summed E-state index contributed by atoms with van der Waals surface area (Å²) in [5, 5.41) is 1.17. The quantitative estimate of drug-likeness (QED) is 0.563. The number of hydrogen-bond acceptors (Lipinski definition) is 8. The van der Waals surface area contributed by atoms with E-state index < -0.39 is 0 Å². The maximum absolute atomic E-state index is 13.4. The van der Waals surface area contributed by atoms with Crippen molar-refractivity contribution in [1.29, 1.82) is 0 Å². The van der Waals surface area contributed by atoms with Gasteiger partial charge < -0.3 is 14.4 Å². The molecule has 0 saturated heterocycles. The number of ether oxygens (including phenoxy) is 2. The van der Waals surface area contributed by atoms with Gasteiger partial charge in [0.1, 0.15) is 5.69 Å². The van der Waals surface area contributed by atoms with Gasteiger partial charge in [0.2, 0.25) is 5.88 Å². The number of rotatable bonds is 7. The Morgan fingerprint density at radius 3 is 2.52 bits per heavy atom. The van der Waals surface area contributed by atoms with E-state index in [0.717, 1.165) is 15.8 Å². The van der Waals surface area contributed by atoms with E-state index in [-0.39, 0.29) is 23.5 Å². The smallest absolute Gasteiger partial charge is 0.320 e. The first kappa shape index (κ1) is 21.2. The average molecular weight is 436 g/mol. The average Bonchev–Trinajstić information content (AvgIpc) is 3.16. The first-order chi connectivity index (χ1) is 13.8. The highest BCUT2D eigenvalue weighted by Crippen LogP contribution is 2.36. The molecule has 0 spiro atoms. The van der Waals surface area contributed by atoms with E-state index in [1.807, 2.05) is 38.1 Å². The third-order valence-electron chi connectivity index (χ3n) is 4.23. The van der Waals surface area contributed by atoms with Gasteiger partial charge in [-0.3, -0.25) is 9.69 Å². The minimum atomic E-state index is -0.321. The number of benzene rings is 1. The van der Waals surface area contributed by atoms with Crippen LogP contribution in [-0.4, -0.2) is 67.2 Å². The molecule has 3 rings (SSSR count). The molecule has 0 aliphatic heterocycles. The number of carbonyl (C=O) groups is 1. The fourth-order valence-electron chi connectivity index (χ4n) is 2.64. The molecule has 0 unspecified atom stereocenters. The van der Waals surface area contributed by atoms with Crippen LogP contribution in [0, 0.1) is 6.92 Å². The molecule has 1 amide bonds. The molecule has 0 aliphatic carbocycles. The normalized spacial score (nSPS) is 11.1. The molecule has 0 fully saturated rings. The highest BCUT2D eigenvalue weighted by atomic mass is 35.5. The summed E-state index contributed by atoms with van der Waals surface area (Å²) in [6.07, 6.45) is 0. The molecule has 10 heteroatoms. The van der Waals surface area contributed by atoms with Crippen molar-refractivity contribution in [2.75, 3.05) is 46.3 Å². The van der Waals surface area contributed by atoms with E-state index in [0.29, 0.717) is 23.2 Å². The Labute approximate surface area is 178 Å². The lowest BCUT2D eigenvalue weighted by Gasteiger charge is -2.21. The minimum absolute atomic E-state index is 0.0587. The zero-order valence-corrected chi connectivity index (χ0v) is 18.5. The first-order valence-electron chi connectivity index (χ1n) is 8.83. The molecule has 3 aromatic rings. The van der Waals surface area contributed by atoms with Crippen molar-refractivity contribution in [3.05, 3.63) is 34.5 Å². The second kappa shape index (κ2) is 8.89. The lowest BCUT2D eigenvalue weighted by Crippen LogP contribution is -2.37. The molecule has 0 aliphatic rings. The SMILES string of the molecule is COc1cc(C(=O)N(CCN(C)C)c2nc3c(C)ccc(Cl)c3s2)nc(OC)n1. The molecular weight excluding hydrogens is 414 g/mol. The van der Waals surface area contributed by atoms with Gasteiger partial charge in [-0.05, 0) is 32.6 Å². The third-order valence-corrected chi connectivity index (χ3v) is 5.76. The Bertz CT molecular complexity index is 979. The Balaban J connectivity index is 2.07. The summed E-state index contributed by atoms with van der Waals surface area (Å²) < 4.78 is 11.1. The van der Waals surface area contributed by atoms with Crippen molar-refractivity contribution >= 4 is 44.2 Å². The van der Waals surface area contributed by atoms with Crippen molar-refractivity contribution in [2.24, 2.45) is 0 Å². The third kappa shape index (κ3) is 4.58. The Hall–Kier alpha value is -2.49. The van der Waals surface area contributed by atoms with E-state index >= 15 is 0 Å². The number of halogens is 1. The largest absolute Gasteiger partial charge is 0.481 e. The zero-order valence-electron chi connectivity index (χ0n) is 16.9. The van der Waals surface area contributed by atoms with Crippen LogP contribution in [0.4, 0.5) is 5.13 Å². The van der Waals surface area contributed by atoms with Crippen molar-refractivity contribution in [2.45, 2.75) is 6.92 Å². The molecule has 1 aromatic carbocycles. The molecule has 0 bridgehead atoms. The van der Waals surface area contributed by atoms with Gasteiger partial charge in [0.05, 0.1) is 29.5 Å². The highest BCUT2D eigenvalue weighted by molar-refractivity contribution is 7.23. The maximum atomic E-state index is 13.4. The Morgan fingerprint density at radius 2 is 1.90 bits per heavy atom. The molecule has 2 aromatic heterocycles. The number of nitrogens with zero attached hydrogens (tertiary/aromatic N) is 5. The van der Waals surface area contributed by atoms with Crippen LogP contribution in [0.2, 0.25) is 5.02 Å². The van der Waals surface area contributed by atoms with Crippen molar-refractivity contribution in [3.8, 4) is 11.9 Å². The molecular formula is C19H22ClN5O3S. The van der Waals surface area contributed by atoms with Crippen LogP contribution in [0.3, 0.4) is 0 Å². The number of amides is 1. The van der Waals surface area contributed by atoms with Gasteiger partial charge in [-0.15, -0.1) is 0 Å². The van der Waals surface area contributed by atoms with Gasteiger partial charge >= 0.3 is 6.01 Å². The van der Waals surface area contributed by atoms with E-state index in [1.165, 1.54) is 31.6 Å². The number of aryl methyl sites for hydroxylation is 1.